The summed E-state index contributed by atoms with van der Waals surface area (Å²) in [5.74, 6) is 0.106. The lowest BCUT2D eigenvalue weighted by Gasteiger charge is -2.45. The Morgan fingerprint density at radius 2 is 1.45 bits per heavy atom. The van der Waals surface area contributed by atoms with Crippen LogP contribution in [0.3, 0.4) is 0 Å². The third-order valence-electron chi connectivity index (χ3n) is 15.8. The van der Waals surface area contributed by atoms with Crippen LogP contribution in [0.5, 0.6) is 0 Å². The molecule has 1 aromatic heterocycles. The zero-order chi connectivity index (χ0) is 40.7. The molecule has 7 aromatic rings. The van der Waals surface area contributed by atoms with E-state index in [9.17, 15) is 4.89 Å². The first-order valence-electron chi connectivity index (χ1n) is 23.0. The van der Waals surface area contributed by atoms with E-state index >= 15 is 0 Å². The van der Waals surface area contributed by atoms with E-state index in [2.05, 4.69) is 174 Å². The lowest BCUT2D eigenvalue weighted by Crippen LogP contribution is -2.48. The van der Waals surface area contributed by atoms with Crippen LogP contribution in [0.4, 0.5) is 0 Å². The van der Waals surface area contributed by atoms with E-state index in [0.717, 1.165) is 31.0 Å². The average Bonchev–Trinajstić information content (AvgIpc) is 3.93. The van der Waals surface area contributed by atoms with Crippen molar-refractivity contribution < 1.29 is 4.89 Å². The van der Waals surface area contributed by atoms with E-state index < -0.39 is 12.9 Å². The summed E-state index contributed by atoms with van der Waals surface area (Å²) >= 11 is 0. The SMILES string of the molecule is O[P+]1(c2ccccc2)C2=C(CCC=C2)C2=C1C1c3ccc(-c4ccc5ccc(C6=CCCCC6)cc5c4)cc3C3(C4=c5c(c6ccccc6n5-c5ccccc53)=CCC4)C1C=C2. The predicted octanol–water partition coefficient (Wildman–Crippen LogP) is 12.8. The molecule has 4 unspecified atom stereocenters. The highest BCUT2D eigenvalue weighted by atomic mass is 31.2. The number of para-hydroxylation sites is 2. The molecule has 7 aliphatic rings. The van der Waals surface area contributed by atoms with Crippen molar-refractivity contribution in [3.8, 4) is 16.8 Å². The molecule has 14 rings (SSSR count). The molecule has 1 spiro atoms. The van der Waals surface area contributed by atoms with Crippen LogP contribution >= 0.6 is 7.49 Å². The van der Waals surface area contributed by atoms with Crippen LogP contribution in [-0.2, 0) is 5.41 Å². The minimum absolute atomic E-state index is 0.0189. The van der Waals surface area contributed by atoms with Crippen molar-refractivity contribution in [3.05, 3.63) is 218 Å². The smallest absolute Gasteiger partial charge is 0.235 e. The van der Waals surface area contributed by atoms with Crippen molar-refractivity contribution in [1.82, 2.24) is 4.57 Å². The molecule has 2 aliphatic heterocycles. The average molecular weight is 817 g/mol. The van der Waals surface area contributed by atoms with Gasteiger partial charge in [0.15, 0.2) is 0 Å². The van der Waals surface area contributed by atoms with Gasteiger partial charge < -0.3 is 4.57 Å². The Balaban J connectivity index is 1.07. The summed E-state index contributed by atoms with van der Waals surface area (Å²) in [6.07, 6.45) is 23.5. The van der Waals surface area contributed by atoms with Crippen molar-refractivity contribution in [1.29, 1.82) is 0 Å². The maximum Gasteiger partial charge on any atom is 0.235 e. The predicted molar refractivity (Wildman–Crippen MR) is 259 cm³/mol. The van der Waals surface area contributed by atoms with E-state index in [0.29, 0.717) is 0 Å². The van der Waals surface area contributed by atoms with Crippen LogP contribution in [-0.4, -0.2) is 9.46 Å². The molecular weight excluding hydrogens is 770 g/mol. The Kier molecular flexibility index (Phi) is 7.45. The Morgan fingerprint density at radius 1 is 0.645 bits per heavy atom. The summed E-state index contributed by atoms with van der Waals surface area (Å²) in [6.45, 7) is 0. The van der Waals surface area contributed by atoms with Gasteiger partial charge in [0.2, 0.25) is 7.49 Å². The van der Waals surface area contributed by atoms with Gasteiger partial charge in [-0.05, 0) is 155 Å². The third-order valence-corrected chi connectivity index (χ3v) is 19.2. The van der Waals surface area contributed by atoms with E-state index in [-0.39, 0.29) is 11.8 Å². The summed E-state index contributed by atoms with van der Waals surface area (Å²) in [5.41, 5.74) is 15.9. The molecule has 0 fully saturated rings. The van der Waals surface area contributed by atoms with Gasteiger partial charge in [0.1, 0.15) is 15.9 Å². The second-order valence-corrected chi connectivity index (χ2v) is 21.4. The topological polar surface area (TPSA) is 25.2 Å². The Hall–Kier alpha value is -6.05. The molecule has 6 aromatic carbocycles. The summed E-state index contributed by atoms with van der Waals surface area (Å²) < 4.78 is 2.60. The third kappa shape index (κ3) is 4.52. The first-order valence-corrected chi connectivity index (χ1v) is 24.7. The molecule has 0 radical (unpaired) electrons. The number of hydrogen-bond donors (Lipinski definition) is 1. The first kappa shape index (κ1) is 35.5. The molecule has 3 heterocycles. The quantitative estimate of drug-likeness (QED) is 0.177. The molecule has 0 amide bonds. The second kappa shape index (κ2) is 13.0. The fraction of sp³-hybridized carbons (Fsp3) is 0.186. The number of fused-ring (bicyclic) bond motifs is 15. The molecule has 62 heavy (non-hydrogen) atoms. The van der Waals surface area contributed by atoms with E-state index in [1.165, 1.54) is 130 Å². The van der Waals surface area contributed by atoms with E-state index in [1.807, 2.05) is 0 Å². The highest BCUT2D eigenvalue weighted by Gasteiger charge is 2.66. The Morgan fingerprint density at radius 3 is 2.35 bits per heavy atom. The molecule has 3 heteroatoms. The van der Waals surface area contributed by atoms with Crippen molar-refractivity contribution in [2.75, 3.05) is 0 Å². The standard InChI is InChI=1S/C59H47NOP/c61-62(43-16-5-2-6-17-43)55-25-12-8-19-45(55)47-32-33-50-56(58(47)62)48-31-30-41(40-29-27-38-26-28-39(34-42(38)35-40)37-14-3-1-4-15-37)36-52(48)59(50)49-21-9-11-24-54(49)60-53-23-10-7-18-44(53)46-20-13-22-51(59)57(46)60/h2,5-7,9-12,14,16-18,20-21,23-36,50,56,61H,1,3-4,8,13,15,19,22H2/q+1. The summed E-state index contributed by atoms with van der Waals surface area (Å²) in [5, 5.41) is 10.2. The molecule has 0 saturated heterocycles. The van der Waals surface area contributed by atoms with Crippen LogP contribution in [0.1, 0.15) is 79.5 Å². The first-order chi connectivity index (χ1) is 30.6. The summed E-state index contributed by atoms with van der Waals surface area (Å²) in [6, 6.07) is 50.8. The Bertz CT molecular complexity index is 3450. The monoisotopic (exact) mass is 816 g/mol. The normalized spacial score (nSPS) is 25.0. The van der Waals surface area contributed by atoms with E-state index in [4.69, 9.17) is 0 Å². The zero-order valence-electron chi connectivity index (χ0n) is 34.8. The highest BCUT2D eigenvalue weighted by Crippen LogP contribution is 2.81. The molecule has 0 bridgehead atoms. The van der Waals surface area contributed by atoms with Gasteiger partial charge >= 0.3 is 0 Å². The number of aromatic nitrogens is 1. The van der Waals surface area contributed by atoms with Crippen LogP contribution in [0.25, 0.3) is 55.7 Å². The van der Waals surface area contributed by atoms with Gasteiger partial charge in [0.25, 0.3) is 0 Å². The minimum atomic E-state index is -2.94. The molecule has 0 saturated carbocycles. The van der Waals surface area contributed by atoms with Crippen molar-refractivity contribution >= 4 is 51.7 Å². The fourth-order valence-electron chi connectivity index (χ4n) is 13.4. The van der Waals surface area contributed by atoms with Crippen LogP contribution < -0.4 is 15.9 Å². The molecule has 5 aliphatic carbocycles. The maximum absolute atomic E-state index is 13.9. The number of nitrogens with zero attached hydrogens (tertiary/aromatic N) is 1. The lowest BCUT2D eigenvalue weighted by atomic mass is 9.59. The van der Waals surface area contributed by atoms with Crippen molar-refractivity contribution in [2.24, 2.45) is 5.92 Å². The van der Waals surface area contributed by atoms with Gasteiger partial charge in [-0.3, -0.25) is 0 Å². The molecular formula is C59H47NOP+. The fourth-order valence-corrected chi connectivity index (χ4v) is 17.0. The number of allylic oxidation sites excluding steroid dienone is 10. The maximum atomic E-state index is 13.9. The highest BCUT2D eigenvalue weighted by molar-refractivity contribution is 7.85. The number of benzene rings is 6. The van der Waals surface area contributed by atoms with Crippen molar-refractivity contribution in [2.45, 2.75) is 62.7 Å². The largest absolute Gasteiger partial charge is 0.309 e. The number of hydrogen-bond acceptors (Lipinski definition) is 1. The second-order valence-electron chi connectivity index (χ2n) is 18.7. The van der Waals surface area contributed by atoms with Gasteiger partial charge in [-0.1, -0.05) is 121 Å². The lowest BCUT2D eigenvalue weighted by molar-refractivity contribution is 0.456. The summed E-state index contributed by atoms with van der Waals surface area (Å²) in [7, 11) is -2.94. The molecule has 1 N–H and O–H groups in total. The van der Waals surface area contributed by atoms with Gasteiger partial charge in [-0.2, -0.15) is 0 Å². The number of rotatable bonds is 3. The van der Waals surface area contributed by atoms with Gasteiger partial charge in [0.05, 0.1) is 27.9 Å². The van der Waals surface area contributed by atoms with E-state index in [1.54, 1.807) is 0 Å². The van der Waals surface area contributed by atoms with Gasteiger partial charge in [-0.25, -0.2) is 4.89 Å². The van der Waals surface area contributed by atoms with Gasteiger partial charge in [-0.15, -0.1) is 0 Å². The van der Waals surface area contributed by atoms with Crippen LogP contribution in [0.2, 0.25) is 0 Å². The summed E-state index contributed by atoms with van der Waals surface area (Å²) in [4.78, 5) is 13.9. The Labute approximate surface area is 363 Å². The van der Waals surface area contributed by atoms with Gasteiger partial charge in [0, 0.05) is 27.7 Å². The molecule has 2 nitrogen and oxygen atoms in total. The zero-order valence-corrected chi connectivity index (χ0v) is 35.7. The molecule has 298 valence electrons. The van der Waals surface area contributed by atoms with Crippen LogP contribution in [0, 0.1) is 5.92 Å². The molecule has 4 atom stereocenters. The van der Waals surface area contributed by atoms with Crippen molar-refractivity contribution in [3.63, 3.8) is 0 Å². The van der Waals surface area contributed by atoms with Crippen LogP contribution in [0.15, 0.2) is 186 Å². The minimum Gasteiger partial charge on any atom is -0.309 e.